The summed E-state index contributed by atoms with van der Waals surface area (Å²) in [4.78, 5) is 4.32. The van der Waals surface area contributed by atoms with Gasteiger partial charge in [0.15, 0.2) is 5.82 Å². The highest BCUT2D eigenvalue weighted by molar-refractivity contribution is 5.65. The van der Waals surface area contributed by atoms with Crippen LogP contribution in [0.5, 0.6) is 0 Å². The van der Waals surface area contributed by atoms with Crippen molar-refractivity contribution in [2.45, 2.75) is 13.3 Å². The fraction of sp³-hybridized carbons (Fsp3) is 0.154. The first-order chi connectivity index (χ1) is 9.22. The van der Waals surface area contributed by atoms with Crippen LogP contribution in [0.3, 0.4) is 0 Å². The standard InChI is InChI=1S/C13H13N5O/c1-8-3-2-4-9(5-8)6-11-16-13(19-18-11)10-7-15-17-12(10)14/h2-5,7H,6H2,1H3,(H3,14,15,17). The molecule has 3 rings (SSSR count). The molecule has 2 aromatic heterocycles. The molecule has 19 heavy (non-hydrogen) atoms. The Morgan fingerprint density at radius 3 is 3.00 bits per heavy atom. The van der Waals surface area contributed by atoms with Gasteiger partial charge in [0.25, 0.3) is 5.89 Å². The summed E-state index contributed by atoms with van der Waals surface area (Å²) in [5.41, 5.74) is 8.69. The molecule has 3 N–H and O–H groups in total. The number of benzene rings is 1. The summed E-state index contributed by atoms with van der Waals surface area (Å²) in [5.74, 6) is 1.43. The molecule has 0 amide bonds. The average molecular weight is 255 g/mol. The summed E-state index contributed by atoms with van der Waals surface area (Å²) in [6.07, 6.45) is 2.20. The maximum Gasteiger partial charge on any atom is 0.263 e. The van der Waals surface area contributed by atoms with E-state index >= 15 is 0 Å². The zero-order chi connectivity index (χ0) is 13.2. The van der Waals surface area contributed by atoms with E-state index < -0.39 is 0 Å². The first kappa shape index (κ1) is 11.5. The second-order valence-electron chi connectivity index (χ2n) is 4.38. The smallest absolute Gasteiger partial charge is 0.263 e. The fourth-order valence-corrected chi connectivity index (χ4v) is 1.91. The summed E-state index contributed by atoms with van der Waals surface area (Å²) >= 11 is 0. The van der Waals surface area contributed by atoms with Gasteiger partial charge >= 0.3 is 0 Å². The molecule has 6 heteroatoms. The van der Waals surface area contributed by atoms with Crippen LogP contribution in [0.4, 0.5) is 5.82 Å². The van der Waals surface area contributed by atoms with Gasteiger partial charge < -0.3 is 10.3 Å². The Bertz CT molecular complexity index is 700. The van der Waals surface area contributed by atoms with Gasteiger partial charge in [-0.2, -0.15) is 10.1 Å². The lowest BCUT2D eigenvalue weighted by atomic mass is 10.1. The number of aromatic amines is 1. The van der Waals surface area contributed by atoms with Gasteiger partial charge in [-0.05, 0) is 12.5 Å². The Balaban J connectivity index is 1.84. The van der Waals surface area contributed by atoms with E-state index in [2.05, 4.69) is 39.4 Å². The van der Waals surface area contributed by atoms with Gasteiger partial charge in [-0.15, -0.1) is 0 Å². The number of hydrogen-bond acceptors (Lipinski definition) is 5. The molecule has 0 radical (unpaired) electrons. The third-order valence-corrected chi connectivity index (χ3v) is 2.81. The molecule has 0 saturated carbocycles. The highest BCUT2D eigenvalue weighted by Crippen LogP contribution is 2.21. The molecule has 6 nitrogen and oxygen atoms in total. The van der Waals surface area contributed by atoms with Crippen LogP contribution in [-0.4, -0.2) is 20.3 Å². The van der Waals surface area contributed by atoms with Gasteiger partial charge in [-0.3, -0.25) is 5.10 Å². The number of H-pyrrole nitrogens is 1. The first-order valence-corrected chi connectivity index (χ1v) is 5.90. The van der Waals surface area contributed by atoms with E-state index in [1.807, 2.05) is 12.1 Å². The maximum absolute atomic E-state index is 5.71. The molecule has 2 heterocycles. The number of rotatable bonds is 3. The van der Waals surface area contributed by atoms with Crippen LogP contribution in [0.25, 0.3) is 11.5 Å². The molecular weight excluding hydrogens is 242 g/mol. The van der Waals surface area contributed by atoms with Crippen molar-refractivity contribution in [1.29, 1.82) is 0 Å². The first-order valence-electron chi connectivity index (χ1n) is 5.90. The van der Waals surface area contributed by atoms with Crippen molar-refractivity contribution < 1.29 is 4.52 Å². The van der Waals surface area contributed by atoms with Crippen LogP contribution in [0, 0.1) is 6.92 Å². The second-order valence-corrected chi connectivity index (χ2v) is 4.38. The van der Waals surface area contributed by atoms with Gasteiger partial charge in [-0.1, -0.05) is 35.0 Å². The van der Waals surface area contributed by atoms with Crippen molar-refractivity contribution in [1.82, 2.24) is 20.3 Å². The molecule has 0 spiro atoms. The summed E-state index contributed by atoms with van der Waals surface area (Å²) < 4.78 is 5.19. The number of nitrogens with zero attached hydrogens (tertiary/aromatic N) is 3. The molecule has 0 unspecified atom stereocenters. The minimum atomic E-state index is 0.383. The second kappa shape index (κ2) is 4.56. The third-order valence-electron chi connectivity index (χ3n) is 2.81. The van der Waals surface area contributed by atoms with Gasteiger partial charge in [0.2, 0.25) is 0 Å². The van der Waals surface area contributed by atoms with Gasteiger partial charge in [-0.25, -0.2) is 0 Å². The summed E-state index contributed by atoms with van der Waals surface area (Å²) in [6.45, 7) is 2.05. The zero-order valence-corrected chi connectivity index (χ0v) is 10.4. The summed E-state index contributed by atoms with van der Waals surface area (Å²) in [7, 11) is 0. The lowest BCUT2D eigenvalue weighted by Gasteiger charge is -1.97. The SMILES string of the molecule is Cc1cccc(Cc2noc(-c3cn[nH]c3N)n2)c1. The number of nitrogens with two attached hydrogens (primary N) is 1. The van der Waals surface area contributed by atoms with Crippen molar-refractivity contribution in [2.24, 2.45) is 0 Å². The summed E-state index contributed by atoms with van der Waals surface area (Å²) in [6, 6.07) is 8.20. The third kappa shape index (κ3) is 2.33. The van der Waals surface area contributed by atoms with Crippen LogP contribution >= 0.6 is 0 Å². The quantitative estimate of drug-likeness (QED) is 0.746. The van der Waals surface area contributed by atoms with Crippen molar-refractivity contribution >= 4 is 5.82 Å². The lowest BCUT2D eigenvalue weighted by molar-refractivity contribution is 0.424. The lowest BCUT2D eigenvalue weighted by Crippen LogP contribution is -1.92. The predicted octanol–water partition coefficient (Wildman–Crippen LogP) is 1.94. The van der Waals surface area contributed by atoms with Crippen LogP contribution in [-0.2, 0) is 6.42 Å². The summed E-state index contributed by atoms with van der Waals surface area (Å²) in [5, 5.41) is 10.4. The Morgan fingerprint density at radius 2 is 2.26 bits per heavy atom. The van der Waals surface area contributed by atoms with Crippen molar-refractivity contribution in [2.75, 3.05) is 5.73 Å². The number of anilines is 1. The van der Waals surface area contributed by atoms with Gasteiger partial charge in [0.1, 0.15) is 11.4 Å². The van der Waals surface area contributed by atoms with Gasteiger partial charge in [0, 0.05) is 6.42 Å². The Morgan fingerprint density at radius 1 is 1.37 bits per heavy atom. The number of hydrogen-bond donors (Lipinski definition) is 2. The van der Waals surface area contributed by atoms with Crippen LogP contribution in [0.15, 0.2) is 35.0 Å². The van der Waals surface area contributed by atoms with Crippen molar-refractivity contribution in [3.05, 3.63) is 47.4 Å². The van der Waals surface area contributed by atoms with E-state index in [1.54, 1.807) is 6.20 Å². The molecule has 0 atom stereocenters. The van der Waals surface area contributed by atoms with E-state index in [9.17, 15) is 0 Å². The Hall–Kier alpha value is -2.63. The number of aromatic nitrogens is 4. The molecule has 96 valence electrons. The van der Waals surface area contributed by atoms with Crippen LogP contribution in [0.2, 0.25) is 0 Å². The number of aryl methyl sites for hydroxylation is 1. The van der Waals surface area contributed by atoms with Crippen LogP contribution in [0.1, 0.15) is 17.0 Å². The highest BCUT2D eigenvalue weighted by Gasteiger charge is 2.13. The minimum Gasteiger partial charge on any atom is -0.383 e. The molecule has 0 bridgehead atoms. The fourth-order valence-electron chi connectivity index (χ4n) is 1.91. The van der Waals surface area contributed by atoms with E-state index in [0.29, 0.717) is 29.5 Å². The van der Waals surface area contributed by atoms with Crippen molar-refractivity contribution in [3.8, 4) is 11.5 Å². The van der Waals surface area contributed by atoms with E-state index in [1.165, 1.54) is 5.56 Å². The topological polar surface area (TPSA) is 93.6 Å². The zero-order valence-electron chi connectivity index (χ0n) is 10.4. The maximum atomic E-state index is 5.71. The average Bonchev–Trinajstić information content (AvgIpc) is 2.98. The van der Waals surface area contributed by atoms with E-state index in [0.717, 1.165) is 5.56 Å². The molecule has 0 saturated heterocycles. The number of nitrogens with one attached hydrogen (secondary N) is 1. The number of nitrogen functional groups attached to an aromatic ring is 1. The molecule has 0 fully saturated rings. The van der Waals surface area contributed by atoms with Crippen LogP contribution < -0.4 is 5.73 Å². The van der Waals surface area contributed by atoms with E-state index in [4.69, 9.17) is 10.3 Å². The molecule has 1 aromatic carbocycles. The Kier molecular flexibility index (Phi) is 2.75. The molecule has 0 aliphatic rings. The minimum absolute atomic E-state index is 0.383. The molecule has 0 aliphatic carbocycles. The molecule has 3 aromatic rings. The predicted molar refractivity (Wildman–Crippen MR) is 70.3 cm³/mol. The normalized spacial score (nSPS) is 10.8. The van der Waals surface area contributed by atoms with Crippen molar-refractivity contribution in [3.63, 3.8) is 0 Å². The molecular formula is C13H13N5O. The highest BCUT2D eigenvalue weighted by atomic mass is 16.5. The largest absolute Gasteiger partial charge is 0.383 e. The molecule has 0 aliphatic heterocycles. The van der Waals surface area contributed by atoms with E-state index in [-0.39, 0.29) is 0 Å². The monoisotopic (exact) mass is 255 g/mol. The van der Waals surface area contributed by atoms with Gasteiger partial charge in [0.05, 0.1) is 6.20 Å². The Labute approximate surface area is 109 Å².